The maximum absolute atomic E-state index is 12.5. The summed E-state index contributed by atoms with van der Waals surface area (Å²) in [4.78, 5) is 12.5. The fourth-order valence-electron chi connectivity index (χ4n) is 2.77. The van der Waals surface area contributed by atoms with Crippen molar-refractivity contribution in [1.82, 2.24) is 5.32 Å². The van der Waals surface area contributed by atoms with Crippen LogP contribution in [0, 0.1) is 0 Å². The van der Waals surface area contributed by atoms with Gasteiger partial charge >= 0.3 is 0 Å². The molecule has 3 aromatic rings. The van der Waals surface area contributed by atoms with Crippen LogP contribution in [0.4, 0.5) is 0 Å². The van der Waals surface area contributed by atoms with Gasteiger partial charge in [0.1, 0.15) is 17.6 Å². The Balaban J connectivity index is 1.60. The summed E-state index contributed by atoms with van der Waals surface area (Å²) in [7, 11) is 0. The quantitative estimate of drug-likeness (QED) is 0.662. The molecule has 0 fully saturated rings. The lowest BCUT2D eigenvalue weighted by atomic mass is 9.95. The summed E-state index contributed by atoms with van der Waals surface area (Å²) in [6.07, 6.45) is -0.167. The van der Waals surface area contributed by atoms with Gasteiger partial charge in [0.25, 0.3) is 0 Å². The van der Waals surface area contributed by atoms with Crippen LogP contribution in [0.25, 0.3) is 11.3 Å². The molecule has 0 unspecified atom stereocenters. The normalized spacial score (nSPS) is 13.4. The van der Waals surface area contributed by atoms with E-state index in [2.05, 4.69) is 5.32 Å². The second-order valence-corrected chi connectivity index (χ2v) is 6.63. The molecule has 0 spiro atoms. The highest BCUT2D eigenvalue weighted by Gasteiger charge is 2.20. The Kier molecular flexibility index (Phi) is 5.68. The number of hydrogen-bond donors (Lipinski definition) is 2. The highest BCUT2D eigenvalue weighted by molar-refractivity contribution is 7.08. The van der Waals surface area contributed by atoms with Crippen molar-refractivity contribution in [3.05, 3.63) is 70.6 Å². The maximum atomic E-state index is 12.5. The lowest BCUT2D eigenvalue weighted by Crippen LogP contribution is -2.32. The zero-order valence-corrected chi connectivity index (χ0v) is 14.8. The monoisotopic (exact) mass is 355 g/mol. The first-order valence-corrected chi connectivity index (χ1v) is 9.26. The third-order valence-corrected chi connectivity index (χ3v) is 4.84. The summed E-state index contributed by atoms with van der Waals surface area (Å²) >= 11 is 1.59. The minimum atomic E-state index is -0.871. The summed E-state index contributed by atoms with van der Waals surface area (Å²) in [5, 5.41) is 17.1. The van der Waals surface area contributed by atoms with Crippen molar-refractivity contribution in [3.63, 3.8) is 0 Å². The van der Waals surface area contributed by atoms with Gasteiger partial charge in [-0.1, -0.05) is 37.3 Å². The van der Waals surface area contributed by atoms with E-state index in [4.69, 9.17) is 4.42 Å². The molecule has 1 amide bonds. The molecule has 0 aliphatic heterocycles. The van der Waals surface area contributed by atoms with E-state index in [1.165, 1.54) is 0 Å². The van der Waals surface area contributed by atoms with E-state index >= 15 is 0 Å². The molecule has 2 N–H and O–H groups in total. The SMILES string of the molecule is CC[C@H](C(=O)NC[C@@H](O)c1ccc(-c2ccsc2)o1)c1ccccc1. The molecule has 0 saturated heterocycles. The summed E-state index contributed by atoms with van der Waals surface area (Å²) in [5.74, 6) is 0.871. The molecule has 0 radical (unpaired) electrons. The van der Waals surface area contributed by atoms with Crippen LogP contribution < -0.4 is 5.32 Å². The number of carbonyl (C=O) groups is 1. The van der Waals surface area contributed by atoms with Crippen molar-refractivity contribution in [3.8, 4) is 11.3 Å². The largest absolute Gasteiger partial charge is 0.458 e. The van der Waals surface area contributed by atoms with Crippen LogP contribution in [0.2, 0.25) is 0 Å². The predicted octanol–water partition coefficient (Wildman–Crippen LogP) is 4.35. The first kappa shape index (κ1) is 17.5. The van der Waals surface area contributed by atoms with Gasteiger partial charge in [-0.2, -0.15) is 11.3 Å². The van der Waals surface area contributed by atoms with Crippen LogP contribution in [0.15, 0.2) is 63.7 Å². The lowest BCUT2D eigenvalue weighted by molar-refractivity contribution is -0.123. The Labute approximate surface area is 151 Å². The fraction of sp³-hybridized carbons (Fsp3) is 0.250. The number of hydrogen-bond acceptors (Lipinski definition) is 4. The van der Waals surface area contributed by atoms with Crippen molar-refractivity contribution in [2.45, 2.75) is 25.4 Å². The Hall–Kier alpha value is -2.37. The van der Waals surface area contributed by atoms with E-state index in [-0.39, 0.29) is 18.4 Å². The van der Waals surface area contributed by atoms with Crippen LogP contribution in [-0.2, 0) is 4.79 Å². The molecular formula is C20H21NO3S. The Bertz CT molecular complexity index is 795. The fourth-order valence-corrected chi connectivity index (χ4v) is 3.42. The smallest absolute Gasteiger partial charge is 0.227 e. The number of aliphatic hydroxyl groups is 1. The predicted molar refractivity (Wildman–Crippen MR) is 99.5 cm³/mol. The summed E-state index contributed by atoms with van der Waals surface area (Å²) < 4.78 is 5.70. The van der Waals surface area contributed by atoms with E-state index in [0.717, 1.165) is 16.9 Å². The first-order valence-electron chi connectivity index (χ1n) is 8.32. The Morgan fingerprint density at radius 3 is 2.68 bits per heavy atom. The third kappa shape index (κ3) is 4.18. The highest BCUT2D eigenvalue weighted by atomic mass is 32.1. The Morgan fingerprint density at radius 2 is 2.00 bits per heavy atom. The van der Waals surface area contributed by atoms with E-state index in [0.29, 0.717) is 12.2 Å². The average Bonchev–Trinajstić information content (AvgIpc) is 3.32. The number of thiophene rings is 1. The van der Waals surface area contributed by atoms with Gasteiger partial charge in [-0.25, -0.2) is 0 Å². The van der Waals surface area contributed by atoms with Crippen LogP contribution in [0.3, 0.4) is 0 Å². The zero-order chi connectivity index (χ0) is 17.6. The van der Waals surface area contributed by atoms with Gasteiger partial charge in [0.15, 0.2) is 0 Å². The van der Waals surface area contributed by atoms with Crippen molar-refractivity contribution < 1.29 is 14.3 Å². The van der Waals surface area contributed by atoms with Crippen molar-refractivity contribution in [2.75, 3.05) is 6.54 Å². The molecule has 25 heavy (non-hydrogen) atoms. The maximum Gasteiger partial charge on any atom is 0.227 e. The van der Waals surface area contributed by atoms with Crippen molar-refractivity contribution in [1.29, 1.82) is 0 Å². The van der Waals surface area contributed by atoms with Gasteiger partial charge in [0.2, 0.25) is 5.91 Å². The summed E-state index contributed by atoms with van der Waals surface area (Å²) in [6.45, 7) is 2.10. The van der Waals surface area contributed by atoms with Gasteiger partial charge in [0, 0.05) is 10.9 Å². The molecule has 3 rings (SSSR count). The van der Waals surface area contributed by atoms with Gasteiger partial charge in [-0.15, -0.1) is 0 Å². The van der Waals surface area contributed by atoms with E-state index in [1.54, 1.807) is 17.4 Å². The summed E-state index contributed by atoms with van der Waals surface area (Å²) in [5.41, 5.74) is 1.97. The Morgan fingerprint density at radius 1 is 1.20 bits per heavy atom. The standard InChI is InChI=1S/C20H21NO3S/c1-2-16(14-6-4-3-5-7-14)20(23)21-12-17(22)19-9-8-18(24-19)15-10-11-25-13-15/h3-11,13,16-17,22H,2,12H2,1H3,(H,21,23)/t16-,17+/m0/s1. The number of benzene rings is 1. The molecule has 130 valence electrons. The highest BCUT2D eigenvalue weighted by Crippen LogP contribution is 2.27. The molecule has 0 saturated carbocycles. The van der Waals surface area contributed by atoms with Crippen molar-refractivity contribution >= 4 is 17.2 Å². The van der Waals surface area contributed by atoms with Crippen LogP contribution in [0.5, 0.6) is 0 Å². The molecule has 2 heterocycles. The molecule has 5 heteroatoms. The number of amides is 1. The average molecular weight is 355 g/mol. The number of nitrogens with one attached hydrogen (secondary N) is 1. The zero-order valence-electron chi connectivity index (χ0n) is 14.0. The molecule has 4 nitrogen and oxygen atoms in total. The molecule has 0 aliphatic rings. The van der Waals surface area contributed by atoms with Crippen LogP contribution in [-0.4, -0.2) is 17.6 Å². The van der Waals surface area contributed by atoms with Gasteiger partial charge in [0.05, 0.1) is 12.5 Å². The molecule has 0 aliphatic carbocycles. The first-order chi connectivity index (χ1) is 12.2. The number of rotatable bonds is 7. The van der Waals surface area contributed by atoms with Gasteiger partial charge in [-0.3, -0.25) is 4.79 Å². The van der Waals surface area contributed by atoms with Gasteiger partial charge < -0.3 is 14.8 Å². The third-order valence-electron chi connectivity index (χ3n) is 4.16. The van der Waals surface area contributed by atoms with Crippen LogP contribution >= 0.6 is 11.3 Å². The lowest BCUT2D eigenvalue weighted by Gasteiger charge is -2.16. The van der Waals surface area contributed by atoms with Gasteiger partial charge in [-0.05, 0) is 35.6 Å². The minimum Gasteiger partial charge on any atom is -0.458 e. The second-order valence-electron chi connectivity index (χ2n) is 5.85. The molecule has 2 atom stereocenters. The van der Waals surface area contributed by atoms with Crippen LogP contribution in [0.1, 0.15) is 36.7 Å². The number of aliphatic hydroxyl groups excluding tert-OH is 1. The van der Waals surface area contributed by atoms with Crippen molar-refractivity contribution in [2.24, 2.45) is 0 Å². The van der Waals surface area contributed by atoms with E-state index in [1.807, 2.05) is 60.1 Å². The minimum absolute atomic E-state index is 0.0858. The second kappa shape index (κ2) is 8.14. The van der Waals surface area contributed by atoms with E-state index in [9.17, 15) is 9.90 Å². The summed E-state index contributed by atoms with van der Waals surface area (Å²) in [6, 6.07) is 15.2. The molecular weight excluding hydrogens is 334 g/mol. The number of carbonyl (C=O) groups excluding carboxylic acids is 1. The number of furan rings is 1. The molecule has 2 aromatic heterocycles. The topological polar surface area (TPSA) is 62.5 Å². The molecule has 0 bridgehead atoms. The van der Waals surface area contributed by atoms with E-state index < -0.39 is 6.10 Å². The molecule has 1 aromatic carbocycles.